The van der Waals surface area contributed by atoms with Crippen LogP contribution in [0.5, 0.6) is 0 Å². The van der Waals surface area contributed by atoms with Crippen LogP contribution in [0.25, 0.3) is 60.7 Å². The van der Waals surface area contributed by atoms with Crippen molar-refractivity contribution in [2.75, 3.05) is 0 Å². The maximum Gasteiger partial charge on any atom is 0.264 e. The molecule has 0 bridgehead atoms. The fraction of sp³-hybridized carbons (Fsp3) is 0.0769. The van der Waals surface area contributed by atoms with Gasteiger partial charge in [-0.05, 0) is 55.3 Å². The molecular weight excluding hydrogens is 400 g/mol. The SMILES string of the molecule is O=c1c2ccc3c4c(ccc(c24)c2nc4c(n12)C=CCC4)c(=O)n1c2ccccc2nc31. The first-order chi connectivity index (χ1) is 15.7. The molecule has 0 spiro atoms. The van der Waals surface area contributed by atoms with Crippen LogP contribution in [0.4, 0.5) is 0 Å². The Morgan fingerprint density at radius 1 is 0.719 bits per heavy atom. The van der Waals surface area contributed by atoms with Crippen molar-refractivity contribution in [3.05, 3.63) is 86.7 Å². The quantitative estimate of drug-likeness (QED) is 0.350. The third-order valence-corrected chi connectivity index (χ3v) is 6.88. The fourth-order valence-electron chi connectivity index (χ4n) is 5.51. The Hall–Kier alpha value is -4.32. The van der Waals surface area contributed by atoms with Gasteiger partial charge < -0.3 is 0 Å². The van der Waals surface area contributed by atoms with Gasteiger partial charge in [0.1, 0.15) is 11.3 Å². The standard InChI is InChI=1S/C26H14N4O2/c31-25-15-12-10-14-22-16(26(32)30-20-8-4-2-6-18(20)28-24(14)30)11-9-13(21(15)22)23-27-17-5-1-3-7-19(17)29(23)25/h1,3-5,7-12H,2,6H2. The number of benzene rings is 3. The molecule has 7 aromatic rings. The molecule has 0 radical (unpaired) electrons. The van der Waals surface area contributed by atoms with Crippen LogP contribution >= 0.6 is 0 Å². The van der Waals surface area contributed by atoms with E-state index in [9.17, 15) is 9.59 Å². The maximum absolute atomic E-state index is 13.6. The monoisotopic (exact) mass is 414 g/mol. The van der Waals surface area contributed by atoms with Crippen LogP contribution in [0, 0.1) is 0 Å². The van der Waals surface area contributed by atoms with Gasteiger partial charge in [0.25, 0.3) is 11.1 Å². The summed E-state index contributed by atoms with van der Waals surface area (Å²) in [5.41, 5.74) is 4.46. The minimum absolute atomic E-state index is 0.0944. The van der Waals surface area contributed by atoms with Crippen LogP contribution in [0.3, 0.4) is 0 Å². The van der Waals surface area contributed by atoms with Gasteiger partial charge >= 0.3 is 0 Å². The molecule has 0 unspecified atom stereocenters. The number of rotatable bonds is 0. The average Bonchev–Trinajstić information content (AvgIpc) is 3.40. The van der Waals surface area contributed by atoms with Gasteiger partial charge in [0.05, 0.1) is 22.4 Å². The molecule has 6 heteroatoms. The maximum atomic E-state index is 13.6. The Labute approximate surface area is 179 Å². The molecule has 0 aliphatic heterocycles. The Morgan fingerprint density at radius 2 is 1.38 bits per heavy atom. The summed E-state index contributed by atoms with van der Waals surface area (Å²) in [6, 6.07) is 15.3. The summed E-state index contributed by atoms with van der Waals surface area (Å²) in [5.74, 6) is 0. The van der Waals surface area contributed by atoms with E-state index in [4.69, 9.17) is 9.97 Å². The van der Waals surface area contributed by atoms with E-state index in [2.05, 4.69) is 6.08 Å². The van der Waals surface area contributed by atoms with Crippen molar-refractivity contribution in [1.29, 1.82) is 0 Å². The van der Waals surface area contributed by atoms with Crippen LogP contribution < -0.4 is 11.1 Å². The van der Waals surface area contributed by atoms with E-state index in [-0.39, 0.29) is 11.1 Å². The number of aromatic nitrogens is 4. The number of aryl methyl sites for hydroxylation is 1. The second kappa shape index (κ2) is 5.29. The smallest absolute Gasteiger partial charge is 0.264 e. The summed E-state index contributed by atoms with van der Waals surface area (Å²) in [5, 5.41) is 4.55. The Bertz CT molecular complexity index is 2080. The lowest BCUT2D eigenvalue weighted by Crippen LogP contribution is -2.17. The molecule has 0 atom stereocenters. The van der Waals surface area contributed by atoms with Gasteiger partial charge in [-0.1, -0.05) is 18.2 Å². The highest BCUT2D eigenvalue weighted by atomic mass is 16.1. The van der Waals surface area contributed by atoms with E-state index in [0.29, 0.717) is 22.1 Å². The molecule has 0 saturated heterocycles. The Morgan fingerprint density at radius 3 is 2.16 bits per heavy atom. The minimum Gasteiger partial charge on any atom is -0.268 e. The van der Waals surface area contributed by atoms with Crippen LogP contribution in [0.1, 0.15) is 17.8 Å². The van der Waals surface area contributed by atoms with Crippen LogP contribution in [-0.2, 0) is 6.42 Å². The van der Waals surface area contributed by atoms with Crippen molar-refractivity contribution >= 4 is 60.7 Å². The highest BCUT2D eigenvalue weighted by Gasteiger charge is 2.23. The van der Waals surface area contributed by atoms with E-state index in [1.807, 2.05) is 54.6 Å². The lowest BCUT2D eigenvalue weighted by Gasteiger charge is -2.12. The molecule has 8 rings (SSSR count). The summed E-state index contributed by atoms with van der Waals surface area (Å²) in [4.78, 5) is 36.8. The topological polar surface area (TPSA) is 68.7 Å². The summed E-state index contributed by atoms with van der Waals surface area (Å²) < 4.78 is 3.41. The van der Waals surface area contributed by atoms with Crippen molar-refractivity contribution in [2.45, 2.75) is 12.8 Å². The molecule has 150 valence electrons. The van der Waals surface area contributed by atoms with Gasteiger partial charge in [0, 0.05) is 32.3 Å². The van der Waals surface area contributed by atoms with E-state index >= 15 is 0 Å². The van der Waals surface area contributed by atoms with Gasteiger partial charge in [0.15, 0.2) is 0 Å². The highest BCUT2D eigenvalue weighted by molar-refractivity contribution is 6.27. The van der Waals surface area contributed by atoms with Gasteiger partial charge in [-0.25, -0.2) is 9.97 Å². The van der Waals surface area contributed by atoms with Gasteiger partial charge in [0.2, 0.25) is 0 Å². The normalized spacial score (nSPS) is 14.1. The number of para-hydroxylation sites is 2. The number of nitrogens with zero attached hydrogens (tertiary/aromatic N) is 4. The average molecular weight is 414 g/mol. The predicted octanol–water partition coefficient (Wildman–Crippen LogP) is 4.15. The van der Waals surface area contributed by atoms with E-state index in [0.717, 1.165) is 56.8 Å². The number of imidazole rings is 2. The summed E-state index contributed by atoms with van der Waals surface area (Å²) in [6.45, 7) is 0. The predicted molar refractivity (Wildman–Crippen MR) is 126 cm³/mol. The second-order valence-electron chi connectivity index (χ2n) is 8.49. The molecule has 0 fully saturated rings. The summed E-state index contributed by atoms with van der Waals surface area (Å²) in [6.07, 6.45) is 5.83. The van der Waals surface area contributed by atoms with Crippen molar-refractivity contribution in [3.8, 4) is 0 Å². The molecule has 4 aromatic heterocycles. The molecular formula is C26H14N4O2. The zero-order valence-electron chi connectivity index (χ0n) is 16.8. The molecule has 1 aliphatic carbocycles. The molecule has 1 aliphatic rings. The molecule has 0 N–H and O–H groups in total. The number of hydrogen-bond acceptors (Lipinski definition) is 4. The minimum atomic E-state index is -0.117. The van der Waals surface area contributed by atoms with Crippen molar-refractivity contribution < 1.29 is 0 Å². The van der Waals surface area contributed by atoms with Crippen LogP contribution in [0.15, 0.2) is 64.2 Å². The highest BCUT2D eigenvalue weighted by Crippen LogP contribution is 2.36. The lowest BCUT2D eigenvalue weighted by molar-refractivity contribution is 0.939. The zero-order chi connectivity index (χ0) is 21.1. The molecule has 0 amide bonds. The Balaban J connectivity index is 1.70. The zero-order valence-corrected chi connectivity index (χ0v) is 16.8. The lowest BCUT2D eigenvalue weighted by atomic mass is 9.96. The molecule has 32 heavy (non-hydrogen) atoms. The van der Waals surface area contributed by atoms with Crippen molar-refractivity contribution in [1.82, 2.24) is 18.8 Å². The second-order valence-corrected chi connectivity index (χ2v) is 8.49. The molecule has 4 heterocycles. The third-order valence-electron chi connectivity index (χ3n) is 6.88. The van der Waals surface area contributed by atoms with Crippen molar-refractivity contribution in [3.63, 3.8) is 0 Å². The summed E-state index contributed by atoms with van der Waals surface area (Å²) in [7, 11) is 0. The Kier molecular flexibility index (Phi) is 2.71. The largest absolute Gasteiger partial charge is 0.268 e. The first-order valence-electron chi connectivity index (χ1n) is 10.7. The van der Waals surface area contributed by atoms with Gasteiger partial charge in [-0.2, -0.15) is 0 Å². The molecule has 3 aromatic carbocycles. The van der Waals surface area contributed by atoms with E-state index in [1.165, 1.54) is 0 Å². The number of hydrogen-bond donors (Lipinski definition) is 0. The molecule has 0 saturated carbocycles. The summed E-state index contributed by atoms with van der Waals surface area (Å²) >= 11 is 0. The first kappa shape index (κ1) is 16.4. The number of allylic oxidation sites excluding steroid dienone is 1. The van der Waals surface area contributed by atoms with Crippen LogP contribution in [-0.4, -0.2) is 18.8 Å². The van der Waals surface area contributed by atoms with E-state index < -0.39 is 0 Å². The van der Waals surface area contributed by atoms with Crippen LogP contribution in [0.2, 0.25) is 0 Å². The van der Waals surface area contributed by atoms with Gasteiger partial charge in [-0.3, -0.25) is 18.4 Å². The van der Waals surface area contributed by atoms with Crippen molar-refractivity contribution in [2.24, 2.45) is 0 Å². The first-order valence-corrected chi connectivity index (χ1v) is 10.7. The van der Waals surface area contributed by atoms with Gasteiger partial charge in [-0.15, -0.1) is 0 Å². The van der Waals surface area contributed by atoms with E-state index in [1.54, 1.807) is 8.80 Å². The molecule has 6 nitrogen and oxygen atoms in total. The number of pyridine rings is 2. The number of fused-ring (bicyclic) bond motifs is 8. The fourth-order valence-corrected chi connectivity index (χ4v) is 5.51. The third kappa shape index (κ3) is 1.71.